The van der Waals surface area contributed by atoms with Gasteiger partial charge in [0.1, 0.15) is 11.6 Å². The summed E-state index contributed by atoms with van der Waals surface area (Å²) in [7, 11) is 0. The van der Waals surface area contributed by atoms with Crippen LogP contribution >= 0.6 is 0 Å². The van der Waals surface area contributed by atoms with Gasteiger partial charge in [-0.2, -0.15) is 8.78 Å². The van der Waals surface area contributed by atoms with E-state index in [1.807, 2.05) is 0 Å². The second-order valence-corrected chi connectivity index (χ2v) is 5.88. The monoisotopic (exact) mass is 382 g/mol. The number of halogens is 6. The van der Waals surface area contributed by atoms with Crippen LogP contribution in [0, 0.1) is 30.2 Å². The molecular weight excluding hydrogens is 370 g/mol. The Kier molecular flexibility index (Phi) is 4.87. The van der Waals surface area contributed by atoms with Crippen molar-refractivity contribution in [2.75, 3.05) is 0 Å². The highest BCUT2D eigenvalue weighted by atomic mass is 19.3. The molecule has 0 N–H and O–H groups in total. The minimum Gasteiger partial charge on any atom is -0.429 e. The summed E-state index contributed by atoms with van der Waals surface area (Å²) in [6, 6.07) is 9.98. The molecule has 1 nitrogen and oxygen atoms in total. The molecule has 0 heterocycles. The number of aryl methyl sites for hydroxylation is 1. The fourth-order valence-corrected chi connectivity index (χ4v) is 2.49. The summed E-state index contributed by atoms with van der Waals surface area (Å²) >= 11 is 0. The van der Waals surface area contributed by atoms with Gasteiger partial charge in [-0.3, -0.25) is 0 Å². The van der Waals surface area contributed by atoms with Crippen LogP contribution in [0.4, 0.5) is 26.3 Å². The van der Waals surface area contributed by atoms with Crippen LogP contribution in [0.2, 0.25) is 0 Å². The van der Waals surface area contributed by atoms with E-state index in [2.05, 4.69) is 4.74 Å². The van der Waals surface area contributed by atoms with Crippen molar-refractivity contribution < 1.29 is 31.1 Å². The number of ether oxygens (including phenoxy) is 1. The molecule has 3 aromatic carbocycles. The van der Waals surface area contributed by atoms with Crippen LogP contribution in [0.3, 0.4) is 0 Å². The Hall–Kier alpha value is -2.96. The van der Waals surface area contributed by atoms with E-state index in [-0.39, 0.29) is 23.4 Å². The summed E-state index contributed by atoms with van der Waals surface area (Å²) in [5.41, 5.74) is 0.269. The largest absolute Gasteiger partial charge is 0.429 e. The van der Waals surface area contributed by atoms with E-state index < -0.39 is 34.9 Å². The quantitative estimate of drug-likeness (QED) is 0.378. The maximum absolute atomic E-state index is 14.1. The highest BCUT2D eigenvalue weighted by Gasteiger charge is 2.36. The average molecular weight is 382 g/mol. The van der Waals surface area contributed by atoms with Crippen molar-refractivity contribution in [1.82, 2.24) is 0 Å². The zero-order valence-corrected chi connectivity index (χ0v) is 13.9. The number of hydrogen-bond donors (Lipinski definition) is 0. The summed E-state index contributed by atoms with van der Waals surface area (Å²) in [5, 5.41) is 0. The van der Waals surface area contributed by atoms with Gasteiger partial charge in [-0.15, -0.1) is 0 Å². The van der Waals surface area contributed by atoms with Crippen molar-refractivity contribution in [1.29, 1.82) is 0 Å². The van der Waals surface area contributed by atoms with Crippen molar-refractivity contribution in [2.45, 2.75) is 13.0 Å². The molecule has 0 saturated heterocycles. The lowest BCUT2D eigenvalue weighted by molar-refractivity contribution is -0.185. The van der Waals surface area contributed by atoms with E-state index in [9.17, 15) is 26.3 Å². The van der Waals surface area contributed by atoms with Gasteiger partial charge in [-0.25, -0.2) is 17.6 Å². The van der Waals surface area contributed by atoms with Crippen LogP contribution in [0.25, 0.3) is 11.1 Å². The van der Waals surface area contributed by atoms with Crippen molar-refractivity contribution in [2.24, 2.45) is 0 Å². The summed E-state index contributed by atoms with van der Waals surface area (Å²) in [6.45, 7) is 1.73. The highest BCUT2D eigenvalue weighted by Crippen LogP contribution is 2.34. The lowest BCUT2D eigenvalue weighted by atomic mass is 10.0. The van der Waals surface area contributed by atoms with Gasteiger partial charge < -0.3 is 4.74 Å². The molecule has 0 spiro atoms. The Labute approximate surface area is 150 Å². The molecule has 0 bridgehead atoms. The molecular formula is C20H12F6O. The Morgan fingerprint density at radius 3 is 1.89 bits per heavy atom. The lowest BCUT2D eigenvalue weighted by Crippen LogP contribution is -2.22. The van der Waals surface area contributed by atoms with Gasteiger partial charge >= 0.3 is 6.11 Å². The molecule has 3 aromatic rings. The summed E-state index contributed by atoms with van der Waals surface area (Å²) < 4.78 is 86.0. The highest BCUT2D eigenvalue weighted by molar-refractivity contribution is 5.65. The van der Waals surface area contributed by atoms with Crippen molar-refractivity contribution in [3.63, 3.8) is 0 Å². The third-order valence-corrected chi connectivity index (χ3v) is 3.86. The van der Waals surface area contributed by atoms with E-state index in [0.29, 0.717) is 5.56 Å². The summed E-state index contributed by atoms with van der Waals surface area (Å²) in [5.74, 6) is -6.14. The van der Waals surface area contributed by atoms with Crippen molar-refractivity contribution in [3.8, 4) is 16.9 Å². The third kappa shape index (κ3) is 3.92. The van der Waals surface area contributed by atoms with Crippen LogP contribution in [-0.4, -0.2) is 0 Å². The Bertz CT molecular complexity index is 959. The van der Waals surface area contributed by atoms with Gasteiger partial charge in [-0.1, -0.05) is 24.3 Å². The standard InChI is InChI=1S/C20H12F6O/c1-11-2-7-15(16(21)8-11)12-3-5-14(6-4-12)27-20(25,26)13-9-17(22)19(24)18(23)10-13/h2-10H,1H3. The van der Waals surface area contributed by atoms with Gasteiger partial charge in [0, 0.05) is 5.56 Å². The number of rotatable bonds is 4. The fraction of sp³-hybridized carbons (Fsp3) is 0.100. The van der Waals surface area contributed by atoms with E-state index >= 15 is 0 Å². The summed E-state index contributed by atoms with van der Waals surface area (Å²) in [4.78, 5) is 0. The first-order valence-electron chi connectivity index (χ1n) is 7.76. The summed E-state index contributed by atoms with van der Waals surface area (Å²) in [6.07, 6.45) is -4.11. The predicted molar refractivity (Wildman–Crippen MR) is 87.4 cm³/mol. The van der Waals surface area contributed by atoms with Gasteiger partial charge in [0.05, 0.1) is 5.56 Å². The molecule has 0 saturated carbocycles. The minimum atomic E-state index is -4.11. The molecule has 0 aliphatic rings. The molecule has 0 unspecified atom stereocenters. The molecule has 0 aliphatic heterocycles. The van der Waals surface area contributed by atoms with Gasteiger partial charge in [-0.05, 0) is 48.4 Å². The van der Waals surface area contributed by atoms with Gasteiger partial charge in [0.2, 0.25) is 0 Å². The second-order valence-electron chi connectivity index (χ2n) is 5.88. The number of hydrogen-bond acceptors (Lipinski definition) is 1. The van der Waals surface area contributed by atoms with Gasteiger partial charge in [0.15, 0.2) is 17.5 Å². The van der Waals surface area contributed by atoms with E-state index in [0.717, 1.165) is 5.56 Å². The molecule has 140 valence electrons. The van der Waals surface area contributed by atoms with Crippen LogP contribution in [0.5, 0.6) is 5.75 Å². The molecule has 3 rings (SSSR count). The Balaban J connectivity index is 1.85. The average Bonchev–Trinajstić information content (AvgIpc) is 2.60. The van der Waals surface area contributed by atoms with Crippen LogP contribution in [-0.2, 0) is 6.11 Å². The van der Waals surface area contributed by atoms with Crippen molar-refractivity contribution in [3.05, 3.63) is 89.0 Å². The SMILES string of the molecule is Cc1ccc(-c2ccc(OC(F)(F)c3cc(F)c(F)c(F)c3)cc2)c(F)c1. The second kappa shape index (κ2) is 6.98. The maximum Gasteiger partial charge on any atom is 0.426 e. The van der Waals surface area contributed by atoms with Crippen molar-refractivity contribution >= 4 is 0 Å². The lowest BCUT2D eigenvalue weighted by Gasteiger charge is -2.19. The topological polar surface area (TPSA) is 9.23 Å². The van der Waals surface area contributed by atoms with Crippen LogP contribution in [0.15, 0.2) is 54.6 Å². The van der Waals surface area contributed by atoms with E-state index in [1.54, 1.807) is 19.1 Å². The zero-order valence-electron chi connectivity index (χ0n) is 13.9. The van der Waals surface area contributed by atoms with Gasteiger partial charge in [0.25, 0.3) is 0 Å². The first-order chi connectivity index (χ1) is 12.7. The number of alkyl halides is 2. The smallest absolute Gasteiger partial charge is 0.426 e. The first kappa shape index (κ1) is 18.8. The fourth-order valence-electron chi connectivity index (χ4n) is 2.49. The number of benzene rings is 3. The molecule has 0 atom stereocenters. The van der Waals surface area contributed by atoms with Crippen LogP contribution < -0.4 is 4.74 Å². The first-order valence-corrected chi connectivity index (χ1v) is 7.76. The molecule has 0 aliphatic carbocycles. The molecule has 0 amide bonds. The normalized spacial score (nSPS) is 11.5. The third-order valence-electron chi connectivity index (χ3n) is 3.86. The maximum atomic E-state index is 14.1. The predicted octanol–water partition coefficient (Wildman–Crippen LogP) is 6.35. The molecule has 7 heteroatoms. The Morgan fingerprint density at radius 1 is 0.741 bits per heavy atom. The molecule has 27 heavy (non-hydrogen) atoms. The van der Waals surface area contributed by atoms with Crippen LogP contribution in [0.1, 0.15) is 11.1 Å². The molecule has 0 aromatic heterocycles. The molecule has 0 fully saturated rings. The van der Waals surface area contributed by atoms with E-state index in [1.165, 1.54) is 30.3 Å². The zero-order chi connectivity index (χ0) is 19.8. The Morgan fingerprint density at radius 2 is 1.33 bits per heavy atom. The minimum absolute atomic E-state index is 0.161. The molecule has 0 radical (unpaired) electrons. The van der Waals surface area contributed by atoms with E-state index in [4.69, 9.17) is 0 Å².